The van der Waals surface area contributed by atoms with E-state index in [0.717, 1.165) is 27.5 Å². The summed E-state index contributed by atoms with van der Waals surface area (Å²) in [7, 11) is 1.54. The number of fused-ring (bicyclic) bond motifs is 2. The molecule has 1 aliphatic heterocycles. The number of aliphatic carboxylic acids is 1. The molecule has 4 N–H and O–H groups in total. The summed E-state index contributed by atoms with van der Waals surface area (Å²) >= 11 is 0. The molecule has 226 valence electrons. The van der Waals surface area contributed by atoms with Gasteiger partial charge in [-0.3, -0.25) is 19.3 Å². The molecular formula is C33H41NO8. The van der Waals surface area contributed by atoms with Crippen molar-refractivity contribution < 1.29 is 39.5 Å². The van der Waals surface area contributed by atoms with Gasteiger partial charge in [0, 0.05) is 31.4 Å². The number of amides is 2. The van der Waals surface area contributed by atoms with Gasteiger partial charge in [0.2, 0.25) is 11.8 Å². The number of phenolic OH excluding ortho intramolecular Hbond substituents is 1. The van der Waals surface area contributed by atoms with Crippen LogP contribution in [0.15, 0.2) is 53.1 Å². The highest BCUT2D eigenvalue weighted by molar-refractivity contribution is 6.06. The van der Waals surface area contributed by atoms with Crippen molar-refractivity contribution in [2.75, 3.05) is 26.9 Å². The predicted octanol–water partition coefficient (Wildman–Crippen LogP) is 4.29. The monoisotopic (exact) mass is 579 g/mol. The third-order valence-corrected chi connectivity index (χ3v) is 8.57. The molecule has 0 unspecified atom stereocenters. The lowest BCUT2D eigenvalue weighted by Gasteiger charge is -2.36. The van der Waals surface area contributed by atoms with Crippen molar-refractivity contribution in [1.82, 2.24) is 4.90 Å². The number of carboxylic acid groups (broad SMARTS) is 1. The number of aliphatic hydroxyl groups excluding tert-OH is 2. The maximum Gasteiger partial charge on any atom is 0.303 e. The number of imide groups is 1. The number of carboxylic acids is 1. The van der Waals surface area contributed by atoms with Gasteiger partial charge in [-0.15, -0.1) is 0 Å². The molecule has 2 aromatic carbocycles. The lowest BCUT2D eigenvalue weighted by atomic mass is 9.68. The molecule has 9 nitrogen and oxygen atoms in total. The van der Waals surface area contributed by atoms with E-state index in [1.165, 1.54) is 12.0 Å². The zero-order valence-electron chi connectivity index (χ0n) is 24.3. The van der Waals surface area contributed by atoms with Crippen molar-refractivity contribution in [2.24, 2.45) is 17.8 Å². The van der Waals surface area contributed by atoms with Gasteiger partial charge in [-0.2, -0.15) is 0 Å². The van der Waals surface area contributed by atoms with Crippen molar-refractivity contribution in [3.05, 3.63) is 58.7 Å². The number of rotatable bonds is 14. The van der Waals surface area contributed by atoms with Gasteiger partial charge in [0.1, 0.15) is 5.75 Å². The van der Waals surface area contributed by atoms with Crippen LogP contribution in [0, 0.1) is 17.8 Å². The number of benzene rings is 2. The molecule has 0 spiro atoms. The van der Waals surface area contributed by atoms with E-state index in [1.54, 1.807) is 6.07 Å². The van der Waals surface area contributed by atoms with E-state index in [4.69, 9.17) is 9.84 Å². The van der Waals surface area contributed by atoms with Crippen LogP contribution in [0.1, 0.15) is 57.4 Å². The first kappa shape index (κ1) is 31.4. The number of hydrogen-bond acceptors (Lipinski definition) is 7. The Morgan fingerprint density at radius 2 is 1.81 bits per heavy atom. The zero-order valence-corrected chi connectivity index (χ0v) is 24.3. The zero-order chi connectivity index (χ0) is 30.4. The van der Waals surface area contributed by atoms with E-state index < -0.39 is 29.8 Å². The van der Waals surface area contributed by atoms with E-state index in [2.05, 4.69) is 0 Å². The predicted molar refractivity (Wildman–Crippen MR) is 158 cm³/mol. The molecule has 4 atom stereocenters. The van der Waals surface area contributed by atoms with Crippen LogP contribution in [0.2, 0.25) is 0 Å². The Morgan fingerprint density at radius 3 is 2.50 bits per heavy atom. The largest absolute Gasteiger partial charge is 0.507 e. The number of unbranched alkanes of at least 4 members (excludes halogenated alkanes) is 2. The van der Waals surface area contributed by atoms with Gasteiger partial charge in [-0.1, -0.05) is 48.4 Å². The maximum absolute atomic E-state index is 13.5. The number of allylic oxidation sites excluding steroid dienone is 1. The molecule has 0 radical (unpaired) electrons. The number of carbonyl (C=O) groups excluding carboxylic acids is 2. The van der Waals surface area contributed by atoms with Gasteiger partial charge in [0.15, 0.2) is 0 Å². The molecule has 1 fully saturated rings. The molecule has 9 heteroatoms. The van der Waals surface area contributed by atoms with Crippen molar-refractivity contribution in [3.8, 4) is 5.75 Å². The molecule has 1 saturated heterocycles. The number of hydrogen-bond donors (Lipinski definition) is 4. The van der Waals surface area contributed by atoms with Crippen molar-refractivity contribution in [2.45, 2.75) is 58.0 Å². The third kappa shape index (κ3) is 6.75. The standard InChI is InChI=1S/C33H41NO8/c1-20(16-21-12-14-27(36)24-9-6-5-8-23(21)24)11-13-28(37)30-22(19-42-2)17-25-31(26(30)18-35)33(41)34(32(25)40)15-7-3-4-10-29(38)39/h5-6,8-9,12,14,16,25-26,28,31,35-37H,3-4,7,10-11,13,15,17-19H2,1-2H3,(H,38,39)/b20-16+/t25-,26+,28-,31-/m1/s1. The Labute approximate surface area is 246 Å². The van der Waals surface area contributed by atoms with Crippen LogP contribution in [0.3, 0.4) is 0 Å². The van der Waals surface area contributed by atoms with Gasteiger partial charge >= 0.3 is 5.97 Å². The van der Waals surface area contributed by atoms with E-state index in [9.17, 15) is 29.7 Å². The first-order valence-corrected chi connectivity index (χ1v) is 14.6. The fourth-order valence-electron chi connectivity index (χ4n) is 6.56. The summed E-state index contributed by atoms with van der Waals surface area (Å²) in [6.07, 6.45) is 3.95. The molecule has 2 amide bonds. The van der Waals surface area contributed by atoms with Gasteiger partial charge < -0.3 is 25.2 Å². The molecule has 0 aromatic heterocycles. The van der Waals surface area contributed by atoms with E-state index >= 15 is 0 Å². The minimum Gasteiger partial charge on any atom is -0.507 e. The third-order valence-electron chi connectivity index (χ3n) is 8.57. The summed E-state index contributed by atoms with van der Waals surface area (Å²) in [6, 6.07) is 11.1. The van der Waals surface area contributed by atoms with Crippen molar-refractivity contribution in [3.63, 3.8) is 0 Å². The fraction of sp³-hybridized carbons (Fsp3) is 0.485. The molecule has 0 saturated carbocycles. The molecule has 4 rings (SSSR count). The molecule has 1 heterocycles. The summed E-state index contributed by atoms with van der Waals surface area (Å²) in [6.45, 7) is 2.01. The fourth-order valence-corrected chi connectivity index (χ4v) is 6.56. The highest BCUT2D eigenvalue weighted by Gasteiger charge is 2.54. The summed E-state index contributed by atoms with van der Waals surface area (Å²) in [4.78, 5) is 38.8. The van der Waals surface area contributed by atoms with Crippen LogP contribution >= 0.6 is 0 Å². The molecule has 42 heavy (non-hydrogen) atoms. The molecule has 0 bridgehead atoms. The number of carbonyl (C=O) groups is 3. The number of methoxy groups -OCH3 is 1. The first-order chi connectivity index (χ1) is 20.2. The number of nitrogens with zero attached hydrogens (tertiary/aromatic N) is 1. The first-order valence-electron chi connectivity index (χ1n) is 14.6. The lowest BCUT2D eigenvalue weighted by Crippen LogP contribution is -2.39. The van der Waals surface area contributed by atoms with Crippen LogP contribution in [0.4, 0.5) is 0 Å². The summed E-state index contributed by atoms with van der Waals surface area (Å²) in [5, 5.41) is 42.6. The number of aromatic hydroxyl groups is 1. The van der Waals surface area contributed by atoms with Crippen molar-refractivity contribution in [1.29, 1.82) is 0 Å². The van der Waals surface area contributed by atoms with E-state index in [-0.39, 0.29) is 50.2 Å². The topological polar surface area (TPSA) is 145 Å². The van der Waals surface area contributed by atoms with Crippen LogP contribution in [-0.2, 0) is 19.1 Å². The summed E-state index contributed by atoms with van der Waals surface area (Å²) in [5.41, 5.74) is 3.32. The molecule has 2 aromatic rings. The lowest BCUT2D eigenvalue weighted by molar-refractivity contribution is -0.141. The smallest absolute Gasteiger partial charge is 0.303 e. The molecular weight excluding hydrogens is 538 g/mol. The normalized spacial score (nSPS) is 21.8. The summed E-state index contributed by atoms with van der Waals surface area (Å²) < 4.78 is 5.42. The minimum absolute atomic E-state index is 0.0471. The average molecular weight is 580 g/mol. The Hall–Kier alpha value is -3.53. The Kier molecular flexibility index (Phi) is 10.5. The highest BCUT2D eigenvalue weighted by Crippen LogP contribution is 2.46. The van der Waals surface area contributed by atoms with E-state index in [1.807, 2.05) is 43.3 Å². The summed E-state index contributed by atoms with van der Waals surface area (Å²) in [5.74, 6) is -3.31. The minimum atomic E-state index is -0.930. The second-order valence-electron chi connectivity index (χ2n) is 11.4. The van der Waals surface area contributed by atoms with Crippen molar-refractivity contribution >= 4 is 34.6 Å². The number of aliphatic hydroxyl groups is 2. The van der Waals surface area contributed by atoms with Gasteiger partial charge in [0.25, 0.3) is 0 Å². The SMILES string of the molecule is COCC1=C([C@H](O)CC/C(C)=C/c2ccc(O)c3ccccc23)[C@H](CO)[C@@H]2C(=O)N(CCCCCC(=O)O)C(=O)[C@@H]2C1. The van der Waals surface area contributed by atoms with Crippen LogP contribution in [-0.4, -0.2) is 76.1 Å². The Morgan fingerprint density at radius 1 is 1.07 bits per heavy atom. The van der Waals surface area contributed by atoms with Gasteiger partial charge in [0.05, 0.1) is 31.2 Å². The second kappa shape index (κ2) is 14.1. The van der Waals surface area contributed by atoms with Gasteiger partial charge in [-0.05, 0) is 67.2 Å². The molecule has 2 aliphatic rings. The van der Waals surface area contributed by atoms with E-state index in [0.29, 0.717) is 37.7 Å². The number of likely N-dealkylation sites (tertiary alicyclic amines) is 1. The van der Waals surface area contributed by atoms with Gasteiger partial charge in [-0.25, -0.2) is 0 Å². The number of phenols is 1. The maximum atomic E-state index is 13.5. The highest BCUT2D eigenvalue weighted by atomic mass is 16.5. The Bertz CT molecular complexity index is 1380. The van der Waals surface area contributed by atoms with Crippen LogP contribution in [0.5, 0.6) is 5.75 Å². The second-order valence-corrected chi connectivity index (χ2v) is 11.4. The quantitative estimate of drug-likeness (QED) is 0.147. The average Bonchev–Trinajstić information content (AvgIpc) is 3.21. The van der Waals surface area contributed by atoms with Crippen LogP contribution < -0.4 is 0 Å². The van der Waals surface area contributed by atoms with Crippen LogP contribution in [0.25, 0.3) is 16.8 Å². The number of ether oxygens (including phenoxy) is 1. The Balaban J connectivity index is 1.49. The molecule has 1 aliphatic carbocycles.